The monoisotopic (exact) mass is 397 g/mol. The van der Waals surface area contributed by atoms with Crippen molar-refractivity contribution in [3.63, 3.8) is 0 Å². The molecule has 1 heterocycles. The molecule has 1 fully saturated rings. The van der Waals surface area contributed by atoms with Gasteiger partial charge in [0.2, 0.25) is 5.91 Å². The van der Waals surface area contributed by atoms with E-state index in [-0.39, 0.29) is 22.9 Å². The Morgan fingerprint density at radius 3 is 2.68 bits per heavy atom. The number of nitrogens with zero attached hydrogens (tertiary/aromatic N) is 3. The third-order valence-corrected chi connectivity index (χ3v) is 5.74. The quantitative estimate of drug-likeness (QED) is 0.472. The minimum atomic E-state index is -0.513. The number of para-hydroxylation sites is 2. The van der Waals surface area contributed by atoms with Gasteiger partial charge in [-0.2, -0.15) is 0 Å². The number of aromatic nitrogens is 2. The molecule has 3 aromatic rings. The van der Waals surface area contributed by atoms with E-state index in [1.807, 2.05) is 0 Å². The fraction of sp³-hybridized carbons (Fsp3) is 0.286. The van der Waals surface area contributed by atoms with Gasteiger partial charge in [0.1, 0.15) is 5.82 Å². The Hall–Kier alpha value is -2.67. The third-order valence-electron chi connectivity index (χ3n) is 4.82. The average molecular weight is 397 g/mol. The van der Waals surface area contributed by atoms with Crippen LogP contribution in [-0.4, -0.2) is 39.7 Å². The number of benzene rings is 2. The minimum Gasteiger partial charge on any atom is -0.345 e. The van der Waals surface area contributed by atoms with E-state index in [0.717, 1.165) is 18.3 Å². The normalized spacial score (nSPS) is 13.6. The van der Waals surface area contributed by atoms with Crippen molar-refractivity contribution < 1.29 is 9.18 Å². The lowest BCUT2D eigenvalue weighted by atomic mass is 10.2. The Kier molecular flexibility index (Phi) is 5.17. The highest BCUT2D eigenvalue weighted by atomic mass is 32.2. The molecule has 0 aliphatic heterocycles. The number of rotatable bonds is 6. The molecule has 0 saturated heterocycles. The number of fused-ring (bicyclic) bond motifs is 1. The highest BCUT2D eigenvalue weighted by Gasteiger charge is 2.25. The van der Waals surface area contributed by atoms with Crippen LogP contribution in [0.25, 0.3) is 16.6 Å². The van der Waals surface area contributed by atoms with Crippen LogP contribution < -0.4 is 5.56 Å². The molecule has 0 N–H and O–H groups in total. The average Bonchev–Trinajstić information content (AvgIpc) is 3.51. The molecule has 7 heteroatoms. The Morgan fingerprint density at radius 2 is 1.93 bits per heavy atom. The number of amides is 1. The standard InChI is InChI=1S/C21H20FN3O2S/c1-24(12-14-10-11-14)19(26)13-28-21-23-17-8-4-2-6-15(17)20(27)25(21)18-9-5-3-7-16(18)22/h2-9,14H,10-13H2,1H3. The molecule has 1 aromatic heterocycles. The van der Waals surface area contributed by atoms with Crippen molar-refractivity contribution in [2.75, 3.05) is 19.3 Å². The van der Waals surface area contributed by atoms with Crippen molar-refractivity contribution in [1.82, 2.24) is 14.5 Å². The maximum atomic E-state index is 14.4. The number of halogens is 1. The van der Waals surface area contributed by atoms with E-state index in [4.69, 9.17) is 0 Å². The van der Waals surface area contributed by atoms with Gasteiger partial charge in [-0.15, -0.1) is 0 Å². The van der Waals surface area contributed by atoms with Crippen LogP contribution in [0.15, 0.2) is 58.5 Å². The van der Waals surface area contributed by atoms with Gasteiger partial charge in [0.25, 0.3) is 5.56 Å². The summed E-state index contributed by atoms with van der Waals surface area (Å²) >= 11 is 1.16. The van der Waals surface area contributed by atoms with Gasteiger partial charge in [0.05, 0.1) is 22.3 Å². The molecular weight excluding hydrogens is 377 g/mol. The number of hydrogen-bond donors (Lipinski definition) is 0. The first kappa shape index (κ1) is 18.7. The van der Waals surface area contributed by atoms with Crippen LogP contribution in [0.5, 0.6) is 0 Å². The fourth-order valence-electron chi connectivity index (χ4n) is 3.08. The summed E-state index contributed by atoms with van der Waals surface area (Å²) in [5.41, 5.74) is 0.311. The van der Waals surface area contributed by atoms with Crippen molar-refractivity contribution in [3.05, 3.63) is 64.7 Å². The molecule has 0 radical (unpaired) electrons. The first-order valence-electron chi connectivity index (χ1n) is 9.18. The van der Waals surface area contributed by atoms with E-state index in [1.165, 1.54) is 29.5 Å². The molecule has 1 saturated carbocycles. The summed E-state index contributed by atoms with van der Waals surface area (Å²) in [5.74, 6) is 0.206. The zero-order valence-electron chi connectivity index (χ0n) is 15.5. The maximum absolute atomic E-state index is 14.4. The Labute approximate surface area is 166 Å². The number of hydrogen-bond acceptors (Lipinski definition) is 4. The summed E-state index contributed by atoms with van der Waals surface area (Å²) in [4.78, 5) is 31.8. The second-order valence-electron chi connectivity index (χ2n) is 7.01. The lowest BCUT2D eigenvalue weighted by Crippen LogP contribution is -2.30. The largest absolute Gasteiger partial charge is 0.345 e. The smallest absolute Gasteiger partial charge is 0.266 e. The van der Waals surface area contributed by atoms with Gasteiger partial charge >= 0.3 is 0 Å². The number of carbonyl (C=O) groups excluding carboxylic acids is 1. The van der Waals surface area contributed by atoms with E-state index < -0.39 is 5.82 Å². The van der Waals surface area contributed by atoms with Crippen molar-refractivity contribution >= 4 is 28.6 Å². The molecule has 1 aliphatic carbocycles. The summed E-state index contributed by atoms with van der Waals surface area (Å²) < 4.78 is 15.7. The summed E-state index contributed by atoms with van der Waals surface area (Å²) in [6.07, 6.45) is 2.34. The van der Waals surface area contributed by atoms with Crippen LogP contribution in [0.1, 0.15) is 12.8 Å². The molecule has 28 heavy (non-hydrogen) atoms. The van der Waals surface area contributed by atoms with Crippen molar-refractivity contribution in [2.24, 2.45) is 5.92 Å². The van der Waals surface area contributed by atoms with Gasteiger partial charge < -0.3 is 4.90 Å². The van der Waals surface area contributed by atoms with E-state index in [2.05, 4.69) is 4.98 Å². The van der Waals surface area contributed by atoms with E-state index in [9.17, 15) is 14.0 Å². The van der Waals surface area contributed by atoms with Crippen molar-refractivity contribution in [1.29, 1.82) is 0 Å². The fourth-order valence-corrected chi connectivity index (χ4v) is 4.03. The van der Waals surface area contributed by atoms with Gasteiger partial charge in [-0.05, 0) is 43.0 Å². The number of carbonyl (C=O) groups is 1. The summed E-state index contributed by atoms with van der Waals surface area (Å²) in [7, 11) is 1.79. The third kappa shape index (κ3) is 3.80. The summed E-state index contributed by atoms with van der Waals surface area (Å²) in [6, 6.07) is 13.0. The second kappa shape index (κ2) is 7.75. The van der Waals surface area contributed by atoms with Crippen molar-refractivity contribution in [2.45, 2.75) is 18.0 Å². The lowest BCUT2D eigenvalue weighted by Gasteiger charge is -2.17. The van der Waals surface area contributed by atoms with Gasteiger partial charge in [0.15, 0.2) is 5.16 Å². The molecule has 144 valence electrons. The van der Waals surface area contributed by atoms with Gasteiger partial charge in [-0.25, -0.2) is 9.37 Å². The molecule has 0 unspecified atom stereocenters. The first-order chi connectivity index (χ1) is 13.5. The van der Waals surface area contributed by atoms with Gasteiger partial charge in [0, 0.05) is 13.6 Å². The highest BCUT2D eigenvalue weighted by molar-refractivity contribution is 7.99. The first-order valence-corrected chi connectivity index (χ1v) is 10.2. The highest BCUT2D eigenvalue weighted by Crippen LogP contribution is 2.29. The molecule has 1 aliphatic rings. The van der Waals surface area contributed by atoms with Crippen LogP contribution in [0.3, 0.4) is 0 Å². The maximum Gasteiger partial charge on any atom is 0.266 e. The van der Waals surface area contributed by atoms with Crippen LogP contribution in [0.2, 0.25) is 0 Å². The van der Waals surface area contributed by atoms with E-state index in [1.54, 1.807) is 48.3 Å². The van der Waals surface area contributed by atoms with E-state index >= 15 is 0 Å². The molecule has 4 rings (SSSR count). The topological polar surface area (TPSA) is 55.2 Å². The Balaban J connectivity index is 1.71. The second-order valence-corrected chi connectivity index (χ2v) is 7.95. The van der Waals surface area contributed by atoms with Crippen LogP contribution >= 0.6 is 11.8 Å². The molecule has 0 spiro atoms. The predicted molar refractivity (Wildman–Crippen MR) is 108 cm³/mol. The predicted octanol–water partition coefficient (Wildman–Crippen LogP) is 3.49. The number of thioether (sulfide) groups is 1. The summed E-state index contributed by atoms with van der Waals surface area (Å²) in [5, 5.41) is 0.717. The SMILES string of the molecule is CN(CC1CC1)C(=O)CSc1nc2ccccc2c(=O)n1-c1ccccc1F. The molecule has 1 amide bonds. The van der Waals surface area contributed by atoms with Gasteiger partial charge in [-0.1, -0.05) is 36.0 Å². The molecule has 5 nitrogen and oxygen atoms in total. The van der Waals surface area contributed by atoms with Crippen molar-refractivity contribution in [3.8, 4) is 5.69 Å². The molecule has 0 bridgehead atoms. The molecule has 2 aromatic carbocycles. The van der Waals surface area contributed by atoms with E-state index in [0.29, 0.717) is 22.0 Å². The van der Waals surface area contributed by atoms with Gasteiger partial charge in [-0.3, -0.25) is 14.2 Å². The Morgan fingerprint density at radius 1 is 1.21 bits per heavy atom. The molecule has 0 atom stereocenters. The van der Waals surface area contributed by atoms with Crippen LogP contribution in [0, 0.1) is 11.7 Å². The lowest BCUT2D eigenvalue weighted by molar-refractivity contribution is -0.127. The zero-order valence-corrected chi connectivity index (χ0v) is 16.3. The minimum absolute atomic E-state index is 0.0283. The van der Waals surface area contributed by atoms with Crippen LogP contribution in [0.4, 0.5) is 4.39 Å². The molecular formula is C21H20FN3O2S. The zero-order chi connectivity index (χ0) is 19.7. The van der Waals surface area contributed by atoms with Crippen LogP contribution in [-0.2, 0) is 4.79 Å². The summed E-state index contributed by atoms with van der Waals surface area (Å²) in [6.45, 7) is 0.755. The Bertz CT molecular complexity index is 1090.